The smallest absolute Gasteiger partial charge is 0.313 e. The summed E-state index contributed by atoms with van der Waals surface area (Å²) in [6.45, 7) is 8.93. The second kappa shape index (κ2) is 5.82. The average Bonchev–Trinajstić information content (AvgIpc) is 2.22. The molecule has 18 heavy (non-hydrogen) atoms. The number of nitrogens with one attached hydrogen (secondary N) is 1. The van der Waals surface area contributed by atoms with Gasteiger partial charge in [-0.25, -0.2) is 0 Å². The third-order valence-corrected chi connectivity index (χ3v) is 2.40. The minimum absolute atomic E-state index is 0.0158. The fourth-order valence-corrected chi connectivity index (χ4v) is 1.57. The number of aryl methyl sites for hydroxylation is 1. The van der Waals surface area contributed by atoms with Crippen molar-refractivity contribution in [1.82, 2.24) is 5.32 Å². The van der Waals surface area contributed by atoms with Crippen LogP contribution in [0.5, 0.6) is 5.75 Å². The van der Waals surface area contributed by atoms with Crippen LogP contribution in [-0.2, 0) is 0 Å². The van der Waals surface area contributed by atoms with Crippen LogP contribution >= 0.6 is 0 Å². The number of para-hydroxylation sites is 1. The van der Waals surface area contributed by atoms with Crippen molar-refractivity contribution in [3.63, 3.8) is 0 Å². The summed E-state index contributed by atoms with van der Waals surface area (Å²) in [5.74, 6) is 0.329. The van der Waals surface area contributed by atoms with Crippen LogP contribution in [0.4, 0.5) is 5.69 Å². The highest BCUT2D eigenvalue weighted by Crippen LogP contribution is 2.29. The van der Waals surface area contributed by atoms with E-state index in [9.17, 15) is 10.1 Å². The Morgan fingerprint density at radius 2 is 2.06 bits per heavy atom. The molecule has 1 rings (SSSR count). The maximum atomic E-state index is 10.9. The van der Waals surface area contributed by atoms with Crippen LogP contribution in [0.1, 0.15) is 26.3 Å². The zero-order valence-electron chi connectivity index (χ0n) is 11.3. The minimum Gasteiger partial charge on any atom is -0.485 e. The van der Waals surface area contributed by atoms with E-state index in [2.05, 4.69) is 26.1 Å². The largest absolute Gasteiger partial charge is 0.485 e. The molecular formula is C13H20N2O3. The molecule has 0 bridgehead atoms. The van der Waals surface area contributed by atoms with Gasteiger partial charge in [-0.1, -0.05) is 12.1 Å². The van der Waals surface area contributed by atoms with Crippen LogP contribution in [0.25, 0.3) is 0 Å². The molecule has 0 radical (unpaired) electrons. The van der Waals surface area contributed by atoms with Crippen LogP contribution in [0.3, 0.4) is 0 Å². The second-order valence-electron chi connectivity index (χ2n) is 5.20. The topological polar surface area (TPSA) is 64.4 Å². The van der Waals surface area contributed by atoms with Crippen molar-refractivity contribution < 1.29 is 9.66 Å². The lowest BCUT2D eigenvalue weighted by Gasteiger charge is -2.20. The zero-order valence-corrected chi connectivity index (χ0v) is 11.3. The summed E-state index contributed by atoms with van der Waals surface area (Å²) < 4.78 is 5.47. The Morgan fingerprint density at radius 3 is 2.61 bits per heavy atom. The van der Waals surface area contributed by atoms with Crippen LogP contribution in [-0.4, -0.2) is 23.6 Å². The van der Waals surface area contributed by atoms with E-state index in [1.54, 1.807) is 25.1 Å². The Labute approximate surface area is 107 Å². The lowest BCUT2D eigenvalue weighted by Crippen LogP contribution is -2.38. The van der Waals surface area contributed by atoms with E-state index in [-0.39, 0.29) is 11.2 Å². The molecule has 0 saturated heterocycles. The van der Waals surface area contributed by atoms with E-state index >= 15 is 0 Å². The Morgan fingerprint density at radius 1 is 1.39 bits per heavy atom. The van der Waals surface area contributed by atoms with Gasteiger partial charge in [0.05, 0.1) is 4.92 Å². The normalized spacial score (nSPS) is 11.3. The van der Waals surface area contributed by atoms with Gasteiger partial charge in [-0.05, 0) is 33.8 Å². The molecule has 1 N–H and O–H groups in total. The van der Waals surface area contributed by atoms with Gasteiger partial charge in [0.1, 0.15) is 6.61 Å². The van der Waals surface area contributed by atoms with Crippen molar-refractivity contribution in [1.29, 1.82) is 0 Å². The molecule has 0 amide bonds. The summed E-state index contributed by atoms with van der Waals surface area (Å²) in [5, 5.41) is 14.2. The molecule has 5 heteroatoms. The standard InChI is InChI=1S/C13H20N2O3/c1-10-6-5-7-11(12(10)15(16)17)18-9-8-14-13(2,3)4/h5-7,14H,8-9H2,1-4H3. The number of hydrogen-bond acceptors (Lipinski definition) is 4. The van der Waals surface area contributed by atoms with E-state index in [1.165, 1.54) is 0 Å². The lowest BCUT2D eigenvalue weighted by molar-refractivity contribution is -0.386. The van der Waals surface area contributed by atoms with Gasteiger partial charge >= 0.3 is 5.69 Å². The van der Waals surface area contributed by atoms with Gasteiger partial charge < -0.3 is 10.1 Å². The van der Waals surface area contributed by atoms with Gasteiger partial charge in [-0.3, -0.25) is 10.1 Å². The van der Waals surface area contributed by atoms with Gasteiger partial charge in [0.15, 0.2) is 5.75 Å². The lowest BCUT2D eigenvalue weighted by atomic mass is 10.1. The quantitative estimate of drug-likeness (QED) is 0.497. The van der Waals surface area contributed by atoms with Crippen LogP contribution in [0, 0.1) is 17.0 Å². The number of nitro benzene ring substituents is 1. The highest BCUT2D eigenvalue weighted by molar-refractivity contribution is 5.51. The van der Waals surface area contributed by atoms with Crippen LogP contribution in [0.15, 0.2) is 18.2 Å². The molecule has 0 fully saturated rings. The summed E-state index contributed by atoms with van der Waals surface area (Å²) in [6, 6.07) is 5.09. The molecule has 1 aromatic carbocycles. The number of benzene rings is 1. The summed E-state index contributed by atoms with van der Waals surface area (Å²) in [4.78, 5) is 10.5. The first-order valence-corrected chi connectivity index (χ1v) is 5.93. The molecule has 5 nitrogen and oxygen atoms in total. The first kappa shape index (κ1) is 14.4. The highest BCUT2D eigenvalue weighted by Gasteiger charge is 2.18. The first-order chi connectivity index (χ1) is 8.31. The third kappa shape index (κ3) is 4.33. The number of nitrogens with zero attached hydrogens (tertiary/aromatic N) is 1. The summed E-state index contributed by atoms with van der Waals surface area (Å²) in [7, 11) is 0. The van der Waals surface area contributed by atoms with Crippen molar-refractivity contribution in [3.05, 3.63) is 33.9 Å². The van der Waals surface area contributed by atoms with E-state index in [0.29, 0.717) is 24.5 Å². The number of ether oxygens (including phenoxy) is 1. The maximum Gasteiger partial charge on any atom is 0.313 e. The molecule has 0 aliphatic carbocycles. The minimum atomic E-state index is -0.401. The number of rotatable bonds is 5. The molecule has 0 unspecified atom stereocenters. The fraction of sp³-hybridized carbons (Fsp3) is 0.538. The third-order valence-electron chi connectivity index (χ3n) is 2.40. The van der Waals surface area contributed by atoms with Crippen LogP contribution < -0.4 is 10.1 Å². The van der Waals surface area contributed by atoms with Crippen molar-refractivity contribution >= 4 is 5.69 Å². The van der Waals surface area contributed by atoms with Gasteiger partial charge in [0.25, 0.3) is 0 Å². The Kier molecular flexibility index (Phi) is 4.67. The van der Waals surface area contributed by atoms with Crippen LogP contribution in [0.2, 0.25) is 0 Å². The highest BCUT2D eigenvalue weighted by atomic mass is 16.6. The van der Waals surface area contributed by atoms with Gasteiger partial charge in [-0.2, -0.15) is 0 Å². The molecule has 0 atom stereocenters. The first-order valence-electron chi connectivity index (χ1n) is 5.93. The summed E-state index contributed by atoms with van der Waals surface area (Å²) >= 11 is 0. The second-order valence-corrected chi connectivity index (χ2v) is 5.20. The predicted molar refractivity (Wildman–Crippen MR) is 71.1 cm³/mol. The van der Waals surface area contributed by atoms with Gasteiger partial charge in [0, 0.05) is 17.6 Å². The predicted octanol–water partition coefficient (Wildman–Crippen LogP) is 2.67. The molecule has 0 heterocycles. The SMILES string of the molecule is Cc1cccc(OCCNC(C)(C)C)c1[N+](=O)[O-]. The van der Waals surface area contributed by atoms with Gasteiger partial charge in [-0.15, -0.1) is 0 Å². The van der Waals surface area contributed by atoms with E-state index in [1.807, 2.05) is 0 Å². The number of nitro groups is 1. The van der Waals surface area contributed by atoms with E-state index < -0.39 is 4.92 Å². The molecule has 1 aromatic rings. The van der Waals surface area contributed by atoms with Gasteiger partial charge in [0.2, 0.25) is 0 Å². The Bertz CT molecular complexity index is 425. The zero-order chi connectivity index (χ0) is 13.8. The number of hydrogen-bond donors (Lipinski definition) is 1. The maximum absolute atomic E-state index is 10.9. The average molecular weight is 252 g/mol. The fourth-order valence-electron chi connectivity index (χ4n) is 1.57. The molecule has 0 aromatic heterocycles. The molecule has 0 aliphatic heterocycles. The molecular weight excluding hydrogens is 232 g/mol. The van der Waals surface area contributed by atoms with Crippen molar-refractivity contribution in [2.24, 2.45) is 0 Å². The monoisotopic (exact) mass is 252 g/mol. The van der Waals surface area contributed by atoms with Crippen molar-refractivity contribution in [2.75, 3.05) is 13.2 Å². The molecule has 0 saturated carbocycles. The van der Waals surface area contributed by atoms with E-state index in [0.717, 1.165) is 0 Å². The summed E-state index contributed by atoms with van der Waals surface area (Å²) in [5.41, 5.74) is 0.677. The molecule has 100 valence electrons. The Hall–Kier alpha value is -1.62. The van der Waals surface area contributed by atoms with Crippen molar-refractivity contribution in [2.45, 2.75) is 33.2 Å². The van der Waals surface area contributed by atoms with Crippen molar-refractivity contribution in [3.8, 4) is 5.75 Å². The summed E-state index contributed by atoms with van der Waals surface area (Å²) in [6.07, 6.45) is 0. The Balaban J connectivity index is 2.63. The van der Waals surface area contributed by atoms with E-state index in [4.69, 9.17) is 4.74 Å². The molecule has 0 aliphatic rings. The molecule has 0 spiro atoms.